The molecule has 2 N–H and O–H groups in total. The van der Waals surface area contributed by atoms with E-state index in [1.165, 1.54) is 12.1 Å². The molecule has 0 aliphatic carbocycles. The summed E-state index contributed by atoms with van der Waals surface area (Å²) < 4.78 is 15.2. The molecule has 2 amide bonds. The fourth-order valence-electron chi connectivity index (χ4n) is 3.85. The number of benzene rings is 1. The van der Waals surface area contributed by atoms with Crippen molar-refractivity contribution in [2.75, 3.05) is 13.1 Å². The van der Waals surface area contributed by atoms with Crippen LogP contribution in [0.4, 0.5) is 9.18 Å². The van der Waals surface area contributed by atoms with Crippen LogP contribution in [0.15, 0.2) is 24.3 Å². The maximum absolute atomic E-state index is 13.2. The molecule has 1 fully saturated rings. The van der Waals surface area contributed by atoms with Gasteiger partial charge in [-0.25, -0.2) is 9.18 Å². The molecular formula is C19H22FN5O3. The largest absolute Gasteiger partial charge is 0.481 e. The number of likely N-dealkylation sites (tertiary alicyclic amines) is 1. The lowest BCUT2D eigenvalue weighted by molar-refractivity contribution is -0.143. The highest BCUT2D eigenvalue weighted by atomic mass is 19.1. The fourth-order valence-corrected chi connectivity index (χ4v) is 3.85. The van der Waals surface area contributed by atoms with Gasteiger partial charge in [0.05, 0.1) is 5.92 Å². The molecule has 2 aliphatic heterocycles. The van der Waals surface area contributed by atoms with Gasteiger partial charge in [0.1, 0.15) is 11.6 Å². The summed E-state index contributed by atoms with van der Waals surface area (Å²) in [7, 11) is 0. The summed E-state index contributed by atoms with van der Waals surface area (Å²) in [5, 5.41) is 20.6. The number of aryl methyl sites for hydroxylation is 1. The van der Waals surface area contributed by atoms with Crippen LogP contribution < -0.4 is 5.32 Å². The van der Waals surface area contributed by atoms with Crippen molar-refractivity contribution in [1.29, 1.82) is 0 Å². The molecule has 2 aliphatic rings. The predicted molar refractivity (Wildman–Crippen MR) is 98.0 cm³/mol. The van der Waals surface area contributed by atoms with E-state index in [4.69, 9.17) is 5.11 Å². The average Bonchev–Trinajstić information content (AvgIpc) is 3.12. The van der Waals surface area contributed by atoms with Gasteiger partial charge in [-0.2, -0.15) is 0 Å². The Bertz CT molecular complexity index is 874. The smallest absolute Gasteiger partial charge is 0.317 e. The lowest BCUT2D eigenvalue weighted by Crippen LogP contribution is -2.50. The lowest BCUT2D eigenvalue weighted by Gasteiger charge is -2.33. The number of hydrogen-bond donors (Lipinski definition) is 2. The zero-order chi connectivity index (χ0) is 19.7. The van der Waals surface area contributed by atoms with Crippen LogP contribution in [-0.4, -0.2) is 55.9 Å². The van der Waals surface area contributed by atoms with Crippen molar-refractivity contribution in [2.24, 2.45) is 5.92 Å². The SMILES string of the molecule is O=C(O)C1CCN(C(=O)NC2CCc3nnc(-c4ccc(F)cc4)n3C2)CC1. The first-order valence-electron chi connectivity index (χ1n) is 9.47. The van der Waals surface area contributed by atoms with Gasteiger partial charge in [-0.05, 0) is 43.5 Å². The number of fused-ring (bicyclic) bond motifs is 1. The summed E-state index contributed by atoms with van der Waals surface area (Å²) in [4.78, 5) is 25.3. The first-order chi connectivity index (χ1) is 13.5. The maximum atomic E-state index is 13.2. The minimum atomic E-state index is -0.791. The Morgan fingerprint density at radius 2 is 1.82 bits per heavy atom. The molecule has 1 aromatic heterocycles. The van der Waals surface area contributed by atoms with Crippen LogP contribution in [-0.2, 0) is 17.8 Å². The number of carbonyl (C=O) groups is 2. The van der Waals surface area contributed by atoms with Crippen molar-refractivity contribution < 1.29 is 19.1 Å². The van der Waals surface area contributed by atoms with Crippen LogP contribution in [0.3, 0.4) is 0 Å². The monoisotopic (exact) mass is 387 g/mol. The summed E-state index contributed by atoms with van der Waals surface area (Å²) in [5.41, 5.74) is 0.780. The number of aliphatic carboxylic acids is 1. The first-order valence-corrected chi connectivity index (χ1v) is 9.47. The number of piperidine rings is 1. The van der Waals surface area contributed by atoms with Gasteiger partial charge in [-0.1, -0.05) is 0 Å². The van der Waals surface area contributed by atoms with E-state index in [0.717, 1.165) is 17.8 Å². The Hall–Kier alpha value is -2.97. The van der Waals surface area contributed by atoms with Crippen LogP contribution in [0, 0.1) is 11.7 Å². The van der Waals surface area contributed by atoms with Gasteiger partial charge in [0.2, 0.25) is 0 Å². The average molecular weight is 387 g/mol. The molecule has 1 saturated heterocycles. The zero-order valence-corrected chi connectivity index (χ0v) is 15.3. The molecular weight excluding hydrogens is 365 g/mol. The zero-order valence-electron chi connectivity index (χ0n) is 15.3. The Labute approximate surface area is 161 Å². The minimum Gasteiger partial charge on any atom is -0.481 e. The molecule has 1 unspecified atom stereocenters. The molecule has 1 aromatic carbocycles. The number of halogens is 1. The number of amides is 2. The van der Waals surface area contributed by atoms with Gasteiger partial charge in [0, 0.05) is 37.7 Å². The Kier molecular flexibility index (Phi) is 4.97. The second kappa shape index (κ2) is 7.57. The van der Waals surface area contributed by atoms with Crippen LogP contribution in [0.2, 0.25) is 0 Å². The van der Waals surface area contributed by atoms with Gasteiger partial charge >= 0.3 is 12.0 Å². The van der Waals surface area contributed by atoms with Crippen LogP contribution in [0.25, 0.3) is 11.4 Å². The molecule has 2 aromatic rings. The van der Waals surface area contributed by atoms with Gasteiger partial charge in [-0.3, -0.25) is 4.79 Å². The first kappa shape index (κ1) is 18.4. The molecule has 0 bridgehead atoms. The third kappa shape index (κ3) is 3.69. The molecule has 9 heteroatoms. The van der Waals surface area contributed by atoms with E-state index < -0.39 is 5.97 Å². The van der Waals surface area contributed by atoms with E-state index in [-0.39, 0.29) is 23.8 Å². The highest BCUT2D eigenvalue weighted by Crippen LogP contribution is 2.24. The molecule has 1 atom stereocenters. The van der Waals surface area contributed by atoms with Gasteiger partial charge in [0.15, 0.2) is 5.82 Å². The maximum Gasteiger partial charge on any atom is 0.317 e. The van der Waals surface area contributed by atoms with Gasteiger partial charge in [0.25, 0.3) is 0 Å². The second-order valence-corrected chi connectivity index (χ2v) is 7.34. The van der Waals surface area contributed by atoms with Crippen molar-refractivity contribution >= 4 is 12.0 Å². The third-order valence-corrected chi connectivity index (χ3v) is 5.51. The summed E-state index contributed by atoms with van der Waals surface area (Å²) in [6.45, 7) is 1.45. The Balaban J connectivity index is 1.40. The fraction of sp³-hybridized carbons (Fsp3) is 0.474. The van der Waals surface area contributed by atoms with E-state index in [0.29, 0.717) is 44.7 Å². The normalized spacial score (nSPS) is 19.9. The van der Waals surface area contributed by atoms with Crippen LogP contribution in [0.1, 0.15) is 25.1 Å². The number of hydrogen-bond acceptors (Lipinski definition) is 4. The molecule has 8 nitrogen and oxygen atoms in total. The van der Waals surface area contributed by atoms with Crippen molar-refractivity contribution in [3.05, 3.63) is 35.9 Å². The molecule has 148 valence electrons. The lowest BCUT2D eigenvalue weighted by atomic mass is 9.97. The van der Waals surface area contributed by atoms with Gasteiger partial charge < -0.3 is 19.9 Å². The minimum absolute atomic E-state index is 0.0626. The molecule has 0 spiro atoms. The van der Waals surface area contributed by atoms with E-state index in [1.54, 1.807) is 17.0 Å². The van der Waals surface area contributed by atoms with E-state index >= 15 is 0 Å². The molecule has 0 radical (unpaired) electrons. The quantitative estimate of drug-likeness (QED) is 0.838. The molecule has 3 heterocycles. The van der Waals surface area contributed by atoms with Gasteiger partial charge in [-0.15, -0.1) is 10.2 Å². The second-order valence-electron chi connectivity index (χ2n) is 7.34. The van der Waals surface area contributed by atoms with Crippen molar-refractivity contribution in [3.63, 3.8) is 0 Å². The molecule has 0 saturated carbocycles. The highest BCUT2D eigenvalue weighted by Gasteiger charge is 2.29. The topological polar surface area (TPSA) is 100 Å². The number of nitrogens with zero attached hydrogens (tertiary/aromatic N) is 4. The van der Waals surface area contributed by atoms with E-state index in [2.05, 4.69) is 15.5 Å². The molecule has 4 rings (SSSR count). The summed E-state index contributed by atoms with van der Waals surface area (Å²) in [5.74, 6) is 0.0552. The number of urea groups is 1. The van der Waals surface area contributed by atoms with Crippen molar-refractivity contribution in [1.82, 2.24) is 25.0 Å². The van der Waals surface area contributed by atoms with Crippen molar-refractivity contribution in [2.45, 2.75) is 38.3 Å². The third-order valence-electron chi connectivity index (χ3n) is 5.51. The Morgan fingerprint density at radius 3 is 2.50 bits per heavy atom. The van der Waals surface area contributed by atoms with E-state index in [9.17, 15) is 14.0 Å². The summed E-state index contributed by atoms with van der Waals surface area (Å²) >= 11 is 0. The number of carbonyl (C=O) groups excluding carboxylic acids is 1. The molecule has 28 heavy (non-hydrogen) atoms. The number of carboxylic acid groups (broad SMARTS) is 1. The summed E-state index contributed by atoms with van der Waals surface area (Å²) in [6, 6.07) is 5.89. The van der Waals surface area contributed by atoms with Crippen LogP contribution in [0.5, 0.6) is 0 Å². The number of rotatable bonds is 3. The Morgan fingerprint density at radius 1 is 1.11 bits per heavy atom. The summed E-state index contributed by atoms with van der Waals surface area (Å²) in [6.07, 6.45) is 2.43. The highest BCUT2D eigenvalue weighted by molar-refractivity contribution is 5.75. The number of aromatic nitrogens is 3. The standard InChI is InChI=1S/C19H22FN5O3/c20-14-3-1-12(2-4-14)17-23-22-16-6-5-15(11-25(16)17)21-19(28)24-9-7-13(8-10-24)18(26)27/h1-4,13,15H,5-11H2,(H,21,28)(H,26,27). The predicted octanol–water partition coefficient (Wildman–Crippen LogP) is 1.91. The number of carboxylic acids is 1. The van der Waals surface area contributed by atoms with Crippen molar-refractivity contribution in [3.8, 4) is 11.4 Å². The van der Waals surface area contributed by atoms with Crippen LogP contribution >= 0.6 is 0 Å². The number of nitrogens with one attached hydrogen (secondary N) is 1. The van der Waals surface area contributed by atoms with E-state index in [1.807, 2.05) is 4.57 Å².